The molecule has 4 rings (SSSR count). The third-order valence-electron chi connectivity index (χ3n) is 6.11. The molecule has 0 aliphatic carbocycles. The molecule has 1 saturated heterocycles. The number of H-pyrrole nitrogens is 1. The van der Waals surface area contributed by atoms with E-state index < -0.39 is 12.1 Å². The van der Waals surface area contributed by atoms with Gasteiger partial charge in [-0.1, -0.05) is 13.3 Å². The van der Waals surface area contributed by atoms with E-state index >= 15 is 0 Å². The Bertz CT molecular complexity index is 1290. The van der Waals surface area contributed by atoms with E-state index in [1.54, 1.807) is 18.2 Å². The van der Waals surface area contributed by atoms with Gasteiger partial charge in [-0.05, 0) is 55.9 Å². The average Bonchev–Trinajstić information content (AvgIpc) is 3.31. The smallest absolute Gasteiger partial charge is 0.475 e. The van der Waals surface area contributed by atoms with Crippen LogP contribution in [0.1, 0.15) is 40.5 Å². The topological polar surface area (TPSA) is 131 Å². The largest absolute Gasteiger partial charge is 0.490 e. The van der Waals surface area contributed by atoms with Gasteiger partial charge in [-0.2, -0.15) is 18.3 Å². The van der Waals surface area contributed by atoms with Crippen LogP contribution in [0.5, 0.6) is 0 Å². The summed E-state index contributed by atoms with van der Waals surface area (Å²) in [6.07, 6.45) is -3.12. The molecule has 10 nitrogen and oxygen atoms in total. The van der Waals surface area contributed by atoms with Crippen molar-refractivity contribution in [3.05, 3.63) is 53.6 Å². The number of nitrogens with zero attached hydrogens (tertiary/aromatic N) is 3. The highest BCUT2D eigenvalue weighted by atomic mass is 19.4. The minimum Gasteiger partial charge on any atom is -0.475 e. The lowest BCUT2D eigenvalue weighted by molar-refractivity contribution is -0.192. The monoisotopic (exact) mass is 548 g/mol. The summed E-state index contributed by atoms with van der Waals surface area (Å²) in [5.74, 6) is -2.71. The number of rotatable bonds is 7. The summed E-state index contributed by atoms with van der Waals surface area (Å²) < 4.78 is 31.7. The van der Waals surface area contributed by atoms with E-state index in [1.165, 1.54) is 0 Å². The molecule has 13 heteroatoms. The Balaban J connectivity index is 0.000000532. The van der Waals surface area contributed by atoms with Crippen LogP contribution in [-0.4, -0.2) is 83.9 Å². The van der Waals surface area contributed by atoms with Gasteiger partial charge in [0.1, 0.15) is 0 Å². The van der Waals surface area contributed by atoms with Crippen molar-refractivity contribution in [2.75, 3.05) is 50.0 Å². The molecule has 2 amide bonds. The number of benzene rings is 2. The Morgan fingerprint density at radius 1 is 1.00 bits per heavy atom. The number of fused-ring (bicyclic) bond motifs is 1. The normalized spacial score (nSPS) is 13.9. The van der Waals surface area contributed by atoms with E-state index in [-0.39, 0.29) is 11.8 Å². The molecule has 2 heterocycles. The average molecular weight is 549 g/mol. The van der Waals surface area contributed by atoms with Gasteiger partial charge in [0.2, 0.25) is 0 Å². The van der Waals surface area contributed by atoms with E-state index in [1.807, 2.05) is 24.3 Å². The maximum atomic E-state index is 12.8. The summed E-state index contributed by atoms with van der Waals surface area (Å²) in [6, 6.07) is 13.0. The lowest BCUT2D eigenvalue weighted by Gasteiger charge is -2.34. The van der Waals surface area contributed by atoms with Crippen LogP contribution in [0.4, 0.5) is 24.7 Å². The molecule has 3 aromatic rings. The summed E-state index contributed by atoms with van der Waals surface area (Å²) in [4.78, 5) is 38.7. The number of likely N-dealkylation sites (N-methyl/N-ethyl adjacent to an activating group) is 1. The van der Waals surface area contributed by atoms with Crippen LogP contribution >= 0.6 is 0 Å². The number of alkyl halides is 3. The number of hydrogen-bond acceptors (Lipinski definition) is 6. The van der Waals surface area contributed by atoms with Crippen molar-refractivity contribution in [1.29, 1.82) is 0 Å². The summed E-state index contributed by atoms with van der Waals surface area (Å²) in [6.45, 7) is 6.76. The first-order chi connectivity index (χ1) is 18.5. The SMILES string of the molecule is CCCCNC(=O)c1ccc2[nH]nc(NC(=O)c3ccc(N4CCN(C)CC4)cc3)c2c1.O=C(O)C(F)(F)F. The van der Waals surface area contributed by atoms with Gasteiger partial charge in [0, 0.05) is 54.9 Å². The van der Waals surface area contributed by atoms with E-state index in [9.17, 15) is 22.8 Å². The number of amides is 2. The van der Waals surface area contributed by atoms with Gasteiger partial charge in [0.15, 0.2) is 5.82 Å². The number of nitrogens with one attached hydrogen (secondary N) is 3. The van der Waals surface area contributed by atoms with Crippen molar-refractivity contribution in [2.45, 2.75) is 25.9 Å². The highest BCUT2D eigenvalue weighted by molar-refractivity contribution is 6.09. The number of hydrogen-bond donors (Lipinski definition) is 4. The predicted octanol–water partition coefficient (Wildman–Crippen LogP) is 3.73. The number of anilines is 2. The van der Waals surface area contributed by atoms with E-state index in [4.69, 9.17) is 9.90 Å². The van der Waals surface area contributed by atoms with Gasteiger partial charge in [-0.15, -0.1) is 0 Å². The van der Waals surface area contributed by atoms with E-state index in [0.29, 0.717) is 28.9 Å². The molecule has 210 valence electrons. The van der Waals surface area contributed by atoms with Crippen molar-refractivity contribution in [2.24, 2.45) is 0 Å². The Labute approximate surface area is 223 Å². The number of unbranched alkanes of at least 4 members (excludes halogenated alkanes) is 1. The Hall–Kier alpha value is -4.13. The first kappa shape index (κ1) is 29.4. The molecule has 0 saturated carbocycles. The fourth-order valence-corrected chi connectivity index (χ4v) is 3.80. The molecule has 0 unspecified atom stereocenters. The molecule has 0 spiro atoms. The van der Waals surface area contributed by atoms with Gasteiger partial charge in [0.25, 0.3) is 11.8 Å². The summed E-state index contributed by atoms with van der Waals surface area (Å²) in [5.41, 5.74) is 2.99. The fraction of sp³-hybridized carbons (Fsp3) is 0.385. The second kappa shape index (κ2) is 13.1. The zero-order valence-corrected chi connectivity index (χ0v) is 21.6. The highest BCUT2D eigenvalue weighted by Gasteiger charge is 2.38. The number of aromatic amines is 1. The number of halogens is 3. The lowest BCUT2D eigenvalue weighted by Crippen LogP contribution is -2.44. The van der Waals surface area contributed by atoms with E-state index in [0.717, 1.165) is 50.2 Å². The van der Waals surface area contributed by atoms with Crippen LogP contribution < -0.4 is 15.5 Å². The number of aromatic nitrogens is 2. The van der Waals surface area contributed by atoms with Gasteiger partial charge in [-0.3, -0.25) is 14.7 Å². The molecule has 1 fully saturated rings. The Kier molecular flexibility index (Phi) is 9.88. The van der Waals surface area contributed by atoms with Crippen LogP contribution in [-0.2, 0) is 4.79 Å². The second-order valence-electron chi connectivity index (χ2n) is 9.04. The molecular formula is C26H31F3N6O4. The lowest BCUT2D eigenvalue weighted by atomic mass is 10.1. The van der Waals surface area contributed by atoms with Crippen LogP contribution in [0.15, 0.2) is 42.5 Å². The molecule has 39 heavy (non-hydrogen) atoms. The van der Waals surface area contributed by atoms with Gasteiger partial charge in [-0.25, -0.2) is 4.79 Å². The van der Waals surface area contributed by atoms with Crippen LogP contribution in [0, 0.1) is 0 Å². The van der Waals surface area contributed by atoms with Gasteiger partial charge in [0.05, 0.1) is 5.52 Å². The zero-order valence-electron chi connectivity index (χ0n) is 21.6. The van der Waals surface area contributed by atoms with Crippen molar-refractivity contribution < 1.29 is 32.7 Å². The number of aliphatic carboxylic acids is 1. The van der Waals surface area contributed by atoms with Crippen molar-refractivity contribution >= 4 is 40.2 Å². The molecular weight excluding hydrogens is 517 g/mol. The zero-order chi connectivity index (χ0) is 28.6. The molecule has 1 aromatic heterocycles. The minimum atomic E-state index is -5.08. The summed E-state index contributed by atoms with van der Waals surface area (Å²) in [7, 11) is 2.13. The van der Waals surface area contributed by atoms with Gasteiger partial charge >= 0.3 is 12.1 Å². The molecule has 2 aromatic carbocycles. The predicted molar refractivity (Wildman–Crippen MR) is 141 cm³/mol. The maximum absolute atomic E-state index is 12.8. The number of carbonyl (C=O) groups excluding carboxylic acids is 2. The van der Waals surface area contributed by atoms with Crippen molar-refractivity contribution in [1.82, 2.24) is 20.4 Å². The molecule has 0 bridgehead atoms. The third kappa shape index (κ3) is 8.18. The fourth-order valence-electron chi connectivity index (χ4n) is 3.80. The van der Waals surface area contributed by atoms with Crippen molar-refractivity contribution in [3.63, 3.8) is 0 Å². The maximum Gasteiger partial charge on any atom is 0.490 e. The quantitative estimate of drug-likeness (QED) is 0.331. The Morgan fingerprint density at radius 3 is 2.21 bits per heavy atom. The second-order valence-corrected chi connectivity index (χ2v) is 9.04. The first-order valence-corrected chi connectivity index (χ1v) is 12.4. The molecule has 1 aliphatic heterocycles. The van der Waals surface area contributed by atoms with Crippen molar-refractivity contribution in [3.8, 4) is 0 Å². The van der Waals surface area contributed by atoms with Gasteiger partial charge < -0.3 is 25.5 Å². The number of carboxylic acid groups (broad SMARTS) is 1. The molecule has 0 radical (unpaired) electrons. The van der Waals surface area contributed by atoms with E-state index in [2.05, 4.69) is 44.6 Å². The van der Waals surface area contributed by atoms with Crippen LogP contribution in [0.2, 0.25) is 0 Å². The summed E-state index contributed by atoms with van der Waals surface area (Å²) in [5, 5.41) is 20.8. The summed E-state index contributed by atoms with van der Waals surface area (Å²) >= 11 is 0. The number of carboxylic acids is 1. The third-order valence-corrected chi connectivity index (χ3v) is 6.11. The highest BCUT2D eigenvalue weighted by Crippen LogP contribution is 2.23. The van der Waals surface area contributed by atoms with Crippen LogP contribution in [0.25, 0.3) is 10.9 Å². The molecule has 0 atom stereocenters. The number of piperazine rings is 1. The minimum absolute atomic E-state index is 0.127. The standard InChI is InChI=1S/C24H30N6O2.C2HF3O2/c1-3-4-11-25-23(31)18-7-10-21-20(16-18)22(28-27-21)26-24(32)17-5-8-19(9-6-17)30-14-12-29(2)13-15-30;3-2(4,5)1(6)7/h5-10,16H,3-4,11-15H2,1-2H3,(H,25,31)(H2,26,27,28,32);(H,6,7). The molecule has 1 aliphatic rings. The first-order valence-electron chi connectivity index (χ1n) is 12.4. The Morgan fingerprint density at radius 2 is 1.62 bits per heavy atom. The number of carbonyl (C=O) groups is 3. The molecule has 4 N–H and O–H groups in total. The van der Waals surface area contributed by atoms with Crippen LogP contribution in [0.3, 0.4) is 0 Å².